The summed E-state index contributed by atoms with van der Waals surface area (Å²) in [6.45, 7) is 7.19. The SMILES string of the molecule is CCC(C)CC(C)NC(=O)C1CCCC1CN. The van der Waals surface area contributed by atoms with Crippen LogP contribution >= 0.6 is 0 Å². The van der Waals surface area contributed by atoms with Crippen molar-refractivity contribution in [3.8, 4) is 0 Å². The first-order chi connectivity index (χ1) is 8.08. The zero-order valence-corrected chi connectivity index (χ0v) is 11.5. The summed E-state index contributed by atoms with van der Waals surface area (Å²) in [7, 11) is 0. The van der Waals surface area contributed by atoms with Crippen LogP contribution in [0.2, 0.25) is 0 Å². The molecule has 4 unspecified atom stereocenters. The van der Waals surface area contributed by atoms with E-state index in [4.69, 9.17) is 5.73 Å². The lowest BCUT2D eigenvalue weighted by atomic mass is 9.94. The molecular weight excluding hydrogens is 212 g/mol. The van der Waals surface area contributed by atoms with E-state index in [-0.39, 0.29) is 17.9 Å². The van der Waals surface area contributed by atoms with Gasteiger partial charge in [-0.2, -0.15) is 0 Å². The fourth-order valence-electron chi connectivity index (χ4n) is 2.84. The minimum atomic E-state index is 0.166. The Labute approximate surface area is 106 Å². The molecule has 0 heterocycles. The molecule has 1 amide bonds. The molecule has 3 N–H and O–H groups in total. The van der Waals surface area contributed by atoms with Gasteiger partial charge in [-0.25, -0.2) is 0 Å². The van der Waals surface area contributed by atoms with Gasteiger partial charge in [0, 0.05) is 12.0 Å². The molecule has 3 heteroatoms. The van der Waals surface area contributed by atoms with E-state index in [1.807, 2.05) is 0 Å². The number of hydrogen-bond donors (Lipinski definition) is 2. The maximum absolute atomic E-state index is 12.1. The lowest BCUT2D eigenvalue weighted by molar-refractivity contribution is -0.126. The monoisotopic (exact) mass is 240 g/mol. The third kappa shape index (κ3) is 4.30. The van der Waals surface area contributed by atoms with Crippen molar-refractivity contribution in [1.82, 2.24) is 5.32 Å². The van der Waals surface area contributed by atoms with Crippen molar-refractivity contribution in [2.24, 2.45) is 23.5 Å². The predicted molar refractivity (Wildman–Crippen MR) is 71.6 cm³/mol. The van der Waals surface area contributed by atoms with E-state index in [0.717, 1.165) is 25.7 Å². The topological polar surface area (TPSA) is 55.1 Å². The Bertz CT molecular complexity index is 242. The second-order valence-corrected chi connectivity index (χ2v) is 5.69. The molecule has 1 aliphatic rings. The van der Waals surface area contributed by atoms with Crippen LogP contribution < -0.4 is 11.1 Å². The van der Waals surface area contributed by atoms with Crippen molar-refractivity contribution >= 4 is 5.91 Å². The molecule has 1 saturated carbocycles. The van der Waals surface area contributed by atoms with E-state index in [2.05, 4.69) is 26.1 Å². The van der Waals surface area contributed by atoms with Crippen LogP contribution in [0.1, 0.15) is 52.9 Å². The first kappa shape index (κ1) is 14.5. The summed E-state index contributed by atoms with van der Waals surface area (Å²) >= 11 is 0. The van der Waals surface area contributed by atoms with E-state index in [1.54, 1.807) is 0 Å². The van der Waals surface area contributed by atoms with Gasteiger partial charge in [0.2, 0.25) is 5.91 Å². The van der Waals surface area contributed by atoms with E-state index < -0.39 is 0 Å². The summed E-state index contributed by atoms with van der Waals surface area (Å²) in [5, 5.41) is 3.16. The van der Waals surface area contributed by atoms with Gasteiger partial charge in [0.05, 0.1) is 0 Å². The van der Waals surface area contributed by atoms with E-state index >= 15 is 0 Å². The summed E-state index contributed by atoms with van der Waals surface area (Å²) in [4.78, 5) is 12.1. The number of nitrogens with two attached hydrogens (primary N) is 1. The van der Waals surface area contributed by atoms with Gasteiger partial charge in [-0.1, -0.05) is 26.7 Å². The average Bonchev–Trinajstić information content (AvgIpc) is 2.76. The smallest absolute Gasteiger partial charge is 0.223 e. The highest BCUT2D eigenvalue weighted by atomic mass is 16.1. The lowest BCUT2D eigenvalue weighted by Gasteiger charge is -2.22. The Hall–Kier alpha value is -0.570. The first-order valence-electron chi connectivity index (χ1n) is 7.08. The van der Waals surface area contributed by atoms with Crippen molar-refractivity contribution < 1.29 is 4.79 Å². The Kier molecular flexibility index (Phi) is 5.96. The van der Waals surface area contributed by atoms with Crippen LogP contribution in [0.3, 0.4) is 0 Å². The summed E-state index contributed by atoms with van der Waals surface area (Å²) in [5.74, 6) is 1.48. The predicted octanol–water partition coefficient (Wildman–Crippen LogP) is 2.30. The van der Waals surface area contributed by atoms with Gasteiger partial charge in [-0.05, 0) is 44.6 Å². The van der Waals surface area contributed by atoms with E-state index in [1.165, 1.54) is 6.42 Å². The lowest BCUT2D eigenvalue weighted by Crippen LogP contribution is -2.40. The van der Waals surface area contributed by atoms with Crippen molar-refractivity contribution in [3.63, 3.8) is 0 Å². The maximum atomic E-state index is 12.1. The molecule has 0 bridgehead atoms. The summed E-state index contributed by atoms with van der Waals surface area (Å²) < 4.78 is 0. The van der Waals surface area contributed by atoms with Crippen LogP contribution in [0, 0.1) is 17.8 Å². The maximum Gasteiger partial charge on any atom is 0.223 e. The standard InChI is InChI=1S/C14H28N2O/c1-4-10(2)8-11(3)16-14(17)13-7-5-6-12(13)9-15/h10-13H,4-9,15H2,1-3H3,(H,16,17). The van der Waals surface area contributed by atoms with Gasteiger partial charge in [-0.3, -0.25) is 4.79 Å². The Morgan fingerprint density at radius 1 is 1.41 bits per heavy atom. The summed E-state index contributed by atoms with van der Waals surface area (Å²) in [5.41, 5.74) is 5.72. The van der Waals surface area contributed by atoms with Gasteiger partial charge in [0.15, 0.2) is 0 Å². The average molecular weight is 240 g/mol. The molecule has 4 atom stereocenters. The normalized spacial score (nSPS) is 27.8. The molecular formula is C14H28N2O. The minimum Gasteiger partial charge on any atom is -0.353 e. The molecule has 1 aliphatic carbocycles. The highest BCUT2D eigenvalue weighted by molar-refractivity contribution is 5.79. The van der Waals surface area contributed by atoms with E-state index in [9.17, 15) is 4.79 Å². The molecule has 1 rings (SSSR count). The number of amides is 1. The zero-order valence-electron chi connectivity index (χ0n) is 11.5. The zero-order chi connectivity index (χ0) is 12.8. The fraction of sp³-hybridized carbons (Fsp3) is 0.929. The third-order valence-electron chi connectivity index (χ3n) is 4.14. The summed E-state index contributed by atoms with van der Waals surface area (Å²) in [6, 6.07) is 0.288. The Morgan fingerprint density at radius 3 is 2.71 bits per heavy atom. The van der Waals surface area contributed by atoms with Crippen molar-refractivity contribution in [1.29, 1.82) is 0 Å². The molecule has 1 fully saturated rings. The number of carbonyl (C=O) groups excluding carboxylic acids is 1. The Balaban J connectivity index is 2.37. The third-order valence-corrected chi connectivity index (χ3v) is 4.14. The molecule has 100 valence electrons. The van der Waals surface area contributed by atoms with Gasteiger partial charge in [0.25, 0.3) is 0 Å². The second-order valence-electron chi connectivity index (χ2n) is 5.69. The summed E-state index contributed by atoms with van der Waals surface area (Å²) in [6.07, 6.45) is 5.54. The largest absolute Gasteiger partial charge is 0.353 e. The van der Waals surface area contributed by atoms with Gasteiger partial charge >= 0.3 is 0 Å². The van der Waals surface area contributed by atoms with Gasteiger partial charge < -0.3 is 11.1 Å². The molecule has 0 saturated heterocycles. The minimum absolute atomic E-state index is 0.166. The van der Waals surface area contributed by atoms with Gasteiger partial charge in [0.1, 0.15) is 0 Å². The highest BCUT2D eigenvalue weighted by Crippen LogP contribution is 2.31. The molecule has 0 spiro atoms. The van der Waals surface area contributed by atoms with Crippen LogP contribution in [-0.4, -0.2) is 18.5 Å². The molecule has 0 aliphatic heterocycles. The van der Waals surface area contributed by atoms with Crippen LogP contribution in [0.5, 0.6) is 0 Å². The van der Waals surface area contributed by atoms with Crippen molar-refractivity contribution in [2.45, 2.75) is 58.9 Å². The Morgan fingerprint density at radius 2 is 2.12 bits per heavy atom. The van der Waals surface area contributed by atoms with Crippen LogP contribution in [0.15, 0.2) is 0 Å². The number of hydrogen-bond acceptors (Lipinski definition) is 2. The molecule has 17 heavy (non-hydrogen) atoms. The molecule has 0 radical (unpaired) electrons. The fourth-order valence-corrected chi connectivity index (χ4v) is 2.84. The van der Waals surface area contributed by atoms with Crippen LogP contribution in [0.25, 0.3) is 0 Å². The highest BCUT2D eigenvalue weighted by Gasteiger charge is 2.32. The first-order valence-corrected chi connectivity index (χ1v) is 7.08. The number of rotatable bonds is 6. The molecule has 0 aromatic carbocycles. The number of carbonyl (C=O) groups is 1. The van der Waals surface area contributed by atoms with Crippen molar-refractivity contribution in [3.05, 3.63) is 0 Å². The van der Waals surface area contributed by atoms with Crippen molar-refractivity contribution in [2.75, 3.05) is 6.54 Å². The van der Waals surface area contributed by atoms with Crippen LogP contribution in [-0.2, 0) is 4.79 Å². The molecule has 3 nitrogen and oxygen atoms in total. The van der Waals surface area contributed by atoms with Crippen LogP contribution in [0.4, 0.5) is 0 Å². The van der Waals surface area contributed by atoms with E-state index in [0.29, 0.717) is 18.4 Å². The number of nitrogens with one attached hydrogen (secondary N) is 1. The van der Waals surface area contributed by atoms with Gasteiger partial charge in [-0.15, -0.1) is 0 Å². The molecule has 0 aromatic heterocycles. The quantitative estimate of drug-likeness (QED) is 0.748. The second kappa shape index (κ2) is 7.00. The molecule has 0 aromatic rings.